The maximum Gasteiger partial charge on any atom is 0.268 e. The van der Waals surface area contributed by atoms with Gasteiger partial charge in [-0.1, -0.05) is 6.92 Å². The van der Waals surface area contributed by atoms with Crippen LogP contribution in [-0.4, -0.2) is 27.7 Å². The van der Waals surface area contributed by atoms with Crippen LogP contribution in [0, 0.1) is 5.92 Å². The lowest BCUT2D eigenvalue weighted by Gasteiger charge is -2.38. The van der Waals surface area contributed by atoms with Gasteiger partial charge >= 0.3 is 0 Å². The molecule has 0 radical (unpaired) electrons. The zero-order valence-electron chi connectivity index (χ0n) is 12.4. The Morgan fingerprint density at radius 2 is 2.20 bits per heavy atom. The highest BCUT2D eigenvalue weighted by Crippen LogP contribution is 2.32. The van der Waals surface area contributed by atoms with Gasteiger partial charge in [-0.25, -0.2) is 0 Å². The Hall–Kier alpha value is -1.49. The van der Waals surface area contributed by atoms with E-state index in [0.29, 0.717) is 23.8 Å². The Balaban J connectivity index is 2.13. The van der Waals surface area contributed by atoms with E-state index in [4.69, 9.17) is 5.73 Å². The SMILES string of the molecule is CCn1cc(N)cc1C(=O)NC1(CO)CCC(C)CC1. The fourth-order valence-corrected chi connectivity index (χ4v) is 2.93. The van der Waals surface area contributed by atoms with Gasteiger partial charge in [0.25, 0.3) is 5.91 Å². The summed E-state index contributed by atoms with van der Waals surface area (Å²) in [4.78, 5) is 12.5. The van der Waals surface area contributed by atoms with E-state index in [1.165, 1.54) is 0 Å². The number of rotatable bonds is 4. The molecule has 0 atom stereocenters. The number of carbonyl (C=O) groups is 1. The van der Waals surface area contributed by atoms with Gasteiger partial charge in [0.1, 0.15) is 5.69 Å². The molecule has 0 saturated heterocycles. The van der Waals surface area contributed by atoms with Gasteiger partial charge in [-0.3, -0.25) is 4.79 Å². The molecule has 1 aliphatic rings. The second kappa shape index (κ2) is 5.87. The van der Waals surface area contributed by atoms with Crippen LogP contribution in [0.2, 0.25) is 0 Å². The Bertz CT molecular complexity index is 473. The number of nitrogens with one attached hydrogen (secondary N) is 1. The van der Waals surface area contributed by atoms with E-state index in [1.807, 2.05) is 11.5 Å². The average Bonchev–Trinajstić information content (AvgIpc) is 2.83. The highest BCUT2D eigenvalue weighted by Gasteiger charge is 2.35. The first kappa shape index (κ1) is 14.9. The molecule has 1 amide bonds. The molecule has 5 heteroatoms. The molecule has 2 rings (SSSR count). The molecule has 0 aromatic carbocycles. The van der Waals surface area contributed by atoms with Crippen LogP contribution >= 0.6 is 0 Å². The number of aliphatic hydroxyl groups excluding tert-OH is 1. The van der Waals surface area contributed by atoms with Gasteiger partial charge in [0.15, 0.2) is 0 Å². The lowest BCUT2D eigenvalue weighted by atomic mass is 9.77. The minimum Gasteiger partial charge on any atom is -0.397 e. The summed E-state index contributed by atoms with van der Waals surface area (Å²) >= 11 is 0. The van der Waals surface area contributed by atoms with E-state index in [2.05, 4.69) is 12.2 Å². The Morgan fingerprint density at radius 1 is 1.55 bits per heavy atom. The number of anilines is 1. The third-order valence-electron chi connectivity index (χ3n) is 4.40. The maximum atomic E-state index is 12.5. The molecule has 0 bridgehead atoms. The predicted octanol–water partition coefficient (Wildman–Crippen LogP) is 1.76. The van der Waals surface area contributed by atoms with Gasteiger partial charge in [-0.15, -0.1) is 0 Å². The maximum absolute atomic E-state index is 12.5. The number of hydrogen-bond acceptors (Lipinski definition) is 3. The number of aromatic nitrogens is 1. The zero-order chi connectivity index (χ0) is 14.8. The van der Waals surface area contributed by atoms with Gasteiger partial charge in [0, 0.05) is 12.7 Å². The van der Waals surface area contributed by atoms with Crippen molar-refractivity contribution in [1.29, 1.82) is 0 Å². The van der Waals surface area contributed by atoms with E-state index in [9.17, 15) is 9.90 Å². The predicted molar refractivity (Wildman–Crippen MR) is 79.4 cm³/mol. The van der Waals surface area contributed by atoms with Crippen LogP contribution in [0.1, 0.15) is 50.0 Å². The smallest absolute Gasteiger partial charge is 0.268 e. The second-order valence-electron chi connectivity index (χ2n) is 6.02. The van der Waals surface area contributed by atoms with Crippen LogP contribution in [-0.2, 0) is 6.54 Å². The monoisotopic (exact) mass is 279 g/mol. The molecule has 1 aromatic heterocycles. The van der Waals surface area contributed by atoms with Crippen molar-refractivity contribution in [3.05, 3.63) is 18.0 Å². The summed E-state index contributed by atoms with van der Waals surface area (Å²) in [6.07, 6.45) is 5.51. The van der Waals surface area contributed by atoms with Crippen LogP contribution < -0.4 is 11.1 Å². The fraction of sp³-hybridized carbons (Fsp3) is 0.667. The number of hydrogen-bond donors (Lipinski definition) is 3. The molecule has 1 aliphatic carbocycles. The summed E-state index contributed by atoms with van der Waals surface area (Å²) in [6.45, 7) is 4.88. The lowest BCUT2D eigenvalue weighted by molar-refractivity contribution is 0.0709. The number of nitrogen functional groups attached to an aromatic ring is 1. The van der Waals surface area contributed by atoms with Crippen LogP contribution in [0.15, 0.2) is 12.3 Å². The van der Waals surface area contributed by atoms with Crippen molar-refractivity contribution < 1.29 is 9.90 Å². The number of aryl methyl sites for hydroxylation is 1. The average molecular weight is 279 g/mol. The summed E-state index contributed by atoms with van der Waals surface area (Å²) < 4.78 is 1.83. The Morgan fingerprint density at radius 3 is 2.75 bits per heavy atom. The van der Waals surface area contributed by atoms with Crippen molar-refractivity contribution >= 4 is 11.6 Å². The van der Waals surface area contributed by atoms with E-state index in [1.54, 1.807) is 12.3 Å². The van der Waals surface area contributed by atoms with E-state index < -0.39 is 5.54 Å². The number of carbonyl (C=O) groups excluding carboxylic acids is 1. The molecule has 5 nitrogen and oxygen atoms in total. The van der Waals surface area contributed by atoms with Crippen molar-refractivity contribution in [2.75, 3.05) is 12.3 Å². The first-order chi connectivity index (χ1) is 9.49. The molecule has 1 saturated carbocycles. The van der Waals surface area contributed by atoms with E-state index >= 15 is 0 Å². The van der Waals surface area contributed by atoms with Crippen LogP contribution in [0.4, 0.5) is 5.69 Å². The van der Waals surface area contributed by atoms with Gasteiger partial charge < -0.3 is 20.7 Å². The largest absolute Gasteiger partial charge is 0.397 e. The Kier molecular flexibility index (Phi) is 4.38. The second-order valence-corrected chi connectivity index (χ2v) is 6.02. The Labute approximate surface area is 120 Å². The number of aliphatic hydroxyl groups is 1. The fourth-order valence-electron chi connectivity index (χ4n) is 2.93. The van der Waals surface area contributed by atoms with Crippen LogP contribution in [0.25, 0.3) is 0 Å². The minimum absolute atomic E-state index is 0.00617. The normalized spacial score (nSPS) is 26.4. The minimum atomic E-state index is -0.471. The van der Waals surface area contributed by atoms with Crippen LogP contribution in [0.3, 0.4) is 0 Å². The molecule has 112 valence electrons. The van der Waals surface area contributed by atoms with E-state index in [0.717, 1.165) is 25.7 Å². The molecular weight excluding hydrogens is 254 g/mol. The highest BCUT2D eigenvalue weighted by molar-refractivity contribution is 5.94. The number of nitrogens with zero attached hydrogens (tertiary/aromatic N) is 1. The van der Waals surface area contributed by atoms with E-state index in [-0.39, 0.29) is 12.5 Å². The van der Waals surface area contributed by atoms with Crippen molar-refractivity contribution in [3.63, 3.8) is 0 Å². The molecule has 0 aliphatic heterocycles. The van der Waals surface area contributed by atoms with Crippen LogP contribution in [0.5, 0.6) is 0 Å². The van der Waals surface area contributed by atoms with Gasteiger partial charge in [0.05, 0.1) is 17.8 Å². The van der Waals surface area contributed by atoms with Gasteiger partial charge in [0.2, 0.25) is 0 Å². The van der Waals surface area contributed by atoms with Crippen molar-refractivity contribution in [2.45, 2.75) is 51.6 Å². The number of amides is 1. The molecular formula is C15H25N3O2. The lowest BCUT2D eigenvalue weighted by Crippen LogP contribution is -2.53. The summed E-state index contributed by atoms with van der Waals surface area (Å²) in [5, 5.41) is 12.8. The summed E-state index contributed by atoms with van der Waals surface area (Å²) in [6, 6.07) is 1.69. The van der Waals surface area contributed by atoms with Crippen molar-refractivity contribution in [1.82, 2.24) is 9.88 Å². The van der Waals surface area contributed by atoms with Gasteiger partial charge in [-0.05, 0) is 44.6 Å². The van der Waals surface area contributed by atoms with Crippen molar-refractivity contribution in [2.24, 2.45) is 5.92 Å². The third-order valence-corrected chi connectivity index (χ3v) is 4.40. The zero-order valence-corrected chi connectivity index (χ0v) is 12.4. The quantitative estimate of drug-likeness (QED) is 0.785. The standard InChI is InChI=1S/C15H25N3O2/c1-3-18-9-12(16)8-13(18)14(20)17-15(10-19)6-4-11(2)5-7-15/h8-9,11,19H,3-7,10,16H2,1-2H3,(H,17,20). The van der Waals surface area contributed by atoms with Crippen molar-refractivity contribution in [3.8, 4) is 0 Å². The third kappa shape index (κ3) is 2.98. The molecule has 0 spiro atoms. The molecule has 20 heavy (non-hydrogen) atoms. The molecule has 0 unspecified atom stereocenters. The summed E-state index contributed by atoms with van der Waals surface area (Å²) in [5.74, 6) is 0.522. The first-order valence-electron chi connectivity index (χ1n) is 7.38. The molecule has 1 fully saturated rings. The molecule has 4 N–H and O–H groups in total. The van der Waals surface area contributed by atoms with Gasteiger partial charge in [-0.2, -0.15) is 0 Å². The first-order valence-corrected chi connectivity index (χ1v) is 7.38. The number of nitrogens with two attached hydrogens (primary N) is 1. The summed E-state index contributed by atoms with van der Waals surface area (Å²) in [7, 11) is 0. The molecule has 1 heterocycles. The highest BCUT2D eigenvalue weighted by atomic mass is 16.3. The topological polar surface area (TPSA) is 80.3 Å². The summed E-state index contributed by atoms with van der Waals surface area (Å²) in [5.41, 5.74) is 6.44. The molecule has 1 aromatic rings.